The number of hydrogen-bond donors (Lipinski definition) is 2. The van der Waals surface area contributed by atoms with Gasteiger partial charge in [0.15, 0.2) is 0 Å². The third-order valence-electron chi connectivity index (χ3n) is 3.23. The van der Waals surface area contributed by atoms with Crippen molar-refractivity contribution in [2.45, 2.75) is 6.54 Å². The van der Waals surface area contributed by atoms with Crippen molar-refractivity contribution in [3.63, 3.8) is 0 Å². The van der Waals surface area contributed by atoms with Gasteiger partial charge >= 0.3 is 6.03 Å². The fourth-order valence-electron chi connectivity index (χ4n) is 2.12. The van der Waals surface area contributed by atoms with E-state index in [9.17, 15) is 4.79 Å². The Morgan fingerprint density at radius 1 is 1.17 bits per heavy atom. The molecule has 0 saturated carbocycles. The van der Waals surface area contributed by atoms with Crippen LogP contribution in [0.1, 0.15) is 5.76 Å². The number of furan rings is 1. The molecule has 2 amide bonds. The van der Waals surface area contributed by atoms with Gasteiger partial charge in [0.05, 0.1) is 24.9 Å². The number of urea groups is 1. The lowest BCUT2D eigenvalue weighted by Crippen LogP contribution is -2.37. The second-order valence-corrected chi connectivity index (χ2v) is 4.90. The number of pyridine rings is 1. The molecule has 23 heavy (non-hydrogen) atoms. The number of ether oxygens (including phenoxy) is 1. The molecule has 3 aromatic rings. The van der Waals surface area contributed by atoms with E-state index < -0.39 is 0 Å². The molecular weight excluding hydrogens is 294 g/mol. The van der Waals surface area contributed by atoms with Crippen LogP contribution < -0.4 is 15.4 Å². The van der Waals surface area contributed by atoms with Crippen molar-refractivity contribution < 1.29 is 13.9 Å². The van der Waals surface area contributed by atoms with Gasteiger partial charge in [-0.3, -0.25) is 4.98 Å². The van der Waals surface area contributed by atoms with Gasteiger partial charge in [0.1, 0.15) is 18.1 Å². The van der Waals surface area contributed by atoms with Gasteiger partial charge in [-0.05, 0) is 36.4 Å². The molecule has 2 aromatic heterocycles. The summed E-state index contributed by atoms with van der Waals surface area (Å²) in [5.74, 6) is 1.46. The number of aromatic nitrogens is 1. The Labute approximate surface area is 133 Å². The van der Waals surface area contributed by atoms with Crippen LogP contribution in [0.3, 0.4) is 0 Å². The van der Waals surface area contributed by atoms with Gasteiger partial charge in [-0.1, -0.05) is 6.07 Å². The van der Waals surface area contributed by atoms with Crippen molar-refractivity contribution in [1.82, 2.24) is 15.6 Å². The third-order valence-corrected chi connectivity index (χ3v) is 3.23. The van der Waals surface area contributed by atoms with E-state index in [4.69, 9.17) is 9.15 Å². The zero-order chi connectivity index (χ0) is 15.9. The van der Waals surface area contributed by atoms with Gasteiger partial charge in [-0.15, -0.1) is 0 Å². The molecule has 0 unspecified atom stereocenters. The first-order chi connectivity index (χ1) is 11.3. The predicted octanol–water partition coefficient (Wildman–Crippen LogP) is 2.71. The van der Waals surface area contributed by atoms with E-state index >= 15 is 0 Å². The third kappa shape index (κ3) is 4.23. The van der Waals surface area contributed by atoms with Gasteiger partial charge in [-0.25, -0.2) is 4.79 Å². The topological polar surface area (TPSA) is 76.4 Å². The zero-order valence-corrected chi connectivity index (χ0v) is 12.5. The van der Waals surface area contributed by atoms with Crippen LogP contribution in [0.25, 0.3) is 10.9 Å². The first-order valence-corrected chi connectivity index (χ1v) is 7.33. The van der Waals surface area contributed by atoms with Gasteiger partial charge in [-0.2, -0.15) is 0 Å². The Hall–Kier alpha value is -3.02. The van der Waals surface area contributed by atoms with Gasteiger partial charge in [0.25, 0.3) is 0 Å². The molecule has 3 rings (SSSR count). The van der Waals surface area contributed by atoms with Crippen LogP contribution in [0.2, 0.25) is 0 Å². The van der Waals surface area contributed by atoms with Crippen LogP contribution in [0.5, 0.6) is 5.75 Å². The summed E-state index contributed by atoms with van der Waals surface area (Å²) in [5, 5.41) is 6.45. The van der Waals surface area contributed by atoms with E-state index in [0.717, 1.165) is 16.7 Å². The van der Waals surface area contributed by atoms with Crippen molar-refractivity contribution in [3.05, 3.63) is 60.7 Å². The fourth-order valence-corrected chi connectivity index (χ4v) is 2.12. The highest BCUT2D eigenvalue weighted by Crippen LogP contribution is 2.18. The highest BCUT2D eigenvalue weighted by molar-refractivity contribution is 5.79. The minimum atomic E-state index is -0.257. The van der Waals surface area contributed by atoms with Crippen LogP contribution >= 0.6 is 0 Å². The lowest BCUT2D eigenvalue weighted by molar-refractivity contribution is 0.235. The molecule has 0 atom stereocenters. The largest absolute Gasteiger partial charge is 0.492 e. The molecule has 6 nitrogen and oxygen atoms in total. The quantitative estimate of drug-likeness (QED) is 0.686. The molecule has 0 bridgehead atoms. The normalized spacial score (nSPS) is 10.4. The van der Waals surface area contributed by atoms with Crippen molar-refractivity contribution in [2.75, 3.05) is 13.2 Å². The molecule has 0 radical (unpaired) electrons. The minimum Gasteiger partial charge on any atom is -0.492 e. The maximum atomic E-state index is 11.6. The van der Waals surface area contributed by atoms with E-state index in [1.54, 1.807) is 24.6 Å². The number of benzene rings is 1. The maximum Gasteiger partial charge on any atom is 0.315 e. The Balaban J connectivity index is 1.39. The Kier molecular flexibility index (Phi) is 4.73. The molecule has 0 aliphatic carbocycles. The fraction of sp³-hybridized carbons (Fsp3) is 0.176. The molecule has 0 spiro atoms. The molecule has 6 heteroatoms. The Bertz CT molecular complexity index is 772. The standard InChI is InChI=1S/C17H17N3O3/c21-17(20-12-15-4-2-9-22-15)19-8-10-23-14-5-6-16-13(11-14)3-1-7-18-16/h1-7,9,11H,8,10,12H2,(H2,19,20,21). The molecule has 1 aromatic carbocycles. The van der Waals surface area contributed by atoms with E-state index in [1.165, 1.54) is 0 Å². The Morgan fingerprint density at radius 3 is 3.00 bits per heavy atom. The first kappa shape index (κ1) is 14.9. The number of nitrogens with zero attached hydrogens (tertiary/aromatic N) is 1. The molecule has 0 fully saturated rings. The molecular formula is C17H17N3O3. The molecule has 2 N–H and O–H groups in total. The summed E-state index contributed by atoms with van der Waals surface area (Å²) in [4.78, 5) is 15.9. The number of hydrogen-bond acceptors (Lipinski definition) is 4. The number of rotatable bonds is 6. The zero-order valence-electron chi connectivity index (χ0n) is 12.5. The van der Waals surface area contributed by atoms with Crippen LogP contribution in [-0.2, 0) is 6.54 Å². The van der Waals surface area contributed by atoms with Gasteiger partial charge in [0.2, 0.25) is 0 Å². The lowest BCUT2D eigenvalue weighted by atomic mass is 10.2. The van der Waals surface area contributed by atoms with Crippen LogP contribution in [-0.4, -0.2) is 24.2 Å². The summed E-state index contributed by atoms with van der Waals surface area (Å²) in [5.41, 5.74) is 0.926. The number of fused-ring (bicyclic) bond motifs is 1. The summed E-state index contributed by atoms with van der Waals surface area (Å²) < 4.78 is 10.8. The molecule has 2 heterocycles. The smallest absolute Gasteiger partial charge is 0.315 e. The highest BCUT2D eigenvalue weighted by Gasteiger charge is 2.02. The second-order valence-electron chi connectivity index (χ2n) is 4.90. The number of carbonyl (C=O) groups excluding carboxylic acids is 1. The van der Waals surface area contributed by atoms with Crippen LogP contribution in [0.4, 0.5) is 4.79 Å². The summed E-state index contributed by atoms with van der Waals surface area (Å²) >= 11 is 0. The number of carbonyl (C=O) groups is 1. The lowest BCUT2D eigenvalue weighted by Gasteiger charge is -2.09. The van der Waals surface area contributed by atoms with Crippen molar-refractivity contribution in [3.8, 4) is 5.75 Å². The number of nitrogens with one attached hydrogen (secondary N) is 2. The number of amides is 2. The summed E-state index contributed by atoms with van der Waals surface area (Å²) in [6.45, 7) is 1.16. The maximum absolute atomic E-state index is 11.6. The SMILES string of the molecule is O=C(NCCOc1ccc2ncccc2c1)NCc1ccco1. The Morgan fingerprint density at radius 2 is 2.13 bits per heavy atom. The van der Waals surface area contributed by atoms with Crippen molar-refractivity contribution >= 4 is 16.9 Å². The first-order valence-electron chi connectivity index (χ1n) is 7.33. The monoisotopic (exact) mass is 311 g/mol. The summed E-state index contributed by atoms with van der Waals surface area (Å²) in [6, 6.07) is 12.9. The van der Waals surface area contributed by atoms with Crippen molar-refractivity contribution in [2.24, 2.45) is 0 Å². The molecule has 0 aliphatic heterocycles. The van der Waals surface area contributed by atoms with E-state index in [0.29, 0.717) is 25.5 Å². The molecule has 0 aliphatic rings. The molecule has 118 valence electrons. The van der Waals surface area contributed by atoms with Gasteiger partial charge < -0.3 is 19.8 Å². The second kappa shape index (κ2) is 7.31. The van der Waals surface area contributed by atoms with Crippen LogP contribution in [0, 0.1) is 0 Å². The average Bonchev–Trinajstić information content (AvgIpc) is 3.10. The van der Waals surface area contributed by atoms with Crippen LogP contribution in [0.15, 0.2) is 59.3 Å². The van der Waals surface area contributed by atoms with E-state index in [1.807, 2.05) is 30.3 Å². The van der Waals surface area contributed by atoms with Gasteiger partial charge in [0, 0.05) is 11.6 Å². The molecule has 0 saturated heterocycles. The summed E-state index contributed by atoms with van der Waals surface area (Å²) in [6.07, 6.45) is 3.33. The van der Waals surface area contributed by atoms with Crippen molar-refractivity contribution in [1.29, 1.82) is 0 Å². The predicted molar refractivity (Wildman–Crippen MR) is 86.2 cm³/mol. The average molecular weight is 311 g/mol. The van der Waals surface area contributed by atoms with E-state index in [2.05, 4.69) is 15.6 Å². The summed E-state index contributed by atoms with van der Waals surface area (Å²) in [7, 11) is 0. The van der Waals surface area contributed by atoms with E-state index in [-0.39, 0.29) is 6.03 Å². The highest BCUT2D eigenvalue weighted by atomic mass is 16.5. The minimum absolute atomic E-state index is 0.257.